The van der Waals surface area contributed by atoms with Gasteiger partial charge in [0.05, 0.1) is 16.3 Å². The molecule has 0 saturated carbocycles. The van der Waals surface area contributed by atoms with Crippen LogP contribution in [0.15, 0.2) is 23.1 Å². The van der Waals surface area contributed by atoms with E-state index in [2.05, 4.69) is 10.6 Å². The average molecular weight is 300 g/mol. The molecule has 0 aliphatic carbocycles. The summed E-state index contributed by atoms with van der Waals surface area (Å²) >= 11 is 0. The average Bonchev–Trinajstić information content (AvgIpc) is 2.35. The molecule has 1 amide bonds. The van der Waals surface area contributed by atoms with Gasteiger partial charge in [0.25, 0.3) is 0 Å². The summed E-state index contributed by atoms with van der Waals surface area (Å²) in [4.78, 5) is 10.9. The molecule has 7 nitrogen and oxygen atoms in total. The first-order valence-electron chi connectivity index (χ1n) is 6.05. The van der Waals surface area contributed by atoms with Crippen LogP contribution in [0, 0.1) is 0 Å². The second kappa shape index (κ2) is 6.58. The Balaban J connectivity index is 2.77. The van der Waals surface area contributed by atoms with Crippen molar-refractivity contribution >= 4 is 27.3 Å². The number of hydrogen-bond donors (Lipinski definition) is 3. The van der Waals surface area contributed by atoms with E-state index in [-0.39, 0.29) is 10.8 Å². The van der Waals surface area contributed by atoms with Crippen LogP contribution < -0.4 is 16.4 Å². The summed E-state index contributed by atoms with van der Waals surface area (Å²) in [6.07, 6.45) is 0. The molecule has 0 saturated heterocycles. The SMILES string of the molecule is CC(=O)NCCNc1ccc(S(=O)(=O)N(C)C)cc1N. The number of nitrogens with zero attached hydrogens (tertiary/aromatic N) is 1. The lowest BCUT2D eigenvalue weighted by Gasteiger charge is -2.14. The molecule has 0 atom stereocenters. The van der Waals surface area contributed by atoms with Gasteiger partial charge < -0.3 is 16.4 Å². The molecular weight excluding hydrogens is 280 g/mol. The van der Waals surface area contributed by atoms with Crippen LogP contribution in [0.5, 0.6) is 0 Å². The minimum absolute atomic E-state index is 0.104. The lowest BCUT2D eigenvalue weighted by Crippen LogP contribution is -2.26. The van der Waals surface area contributed by atoms with E-state index < -0.39 is 10.0 Å². The summed E-state index contributed by atoms with van der Waals surface area (Å²) in [7, 11) is -0.557. The molecule has 0 aliphatic rings. The first kappa shape index (κ1) is 16.3. The Morgan fingerprint density at radius 3 is 2.45 bits per heavy atom. The van der Waals surface area contributed by atoms with Crippen LogP contribution in [0.2, 0.25) is 0 Å². The number of nitrogens with one attached hydrogen (secondary N) is 2. The van der Waals surface area contributed by atoms with E-state index in [0.717, 1.165) is 4.31 Å². The number of nitrogen functional groups attached to an aromatic ring is 1. The quantitative estimate of drug-likeness (QED) is 0.509. The zero-order chi connectivity index (χ0) is 15.3. The number of sulfonamides is 1. The molecule has 8 heteroatoms. The fourth-order valence-corrected chi connectivity index (χ4v) is 2.45. The monoisotopic (exact) mass is 300 g/mol. The van der Waals surface area contributed by atoms with Crippen molar-refractivity contribution in [2.24, 2.45) is 0 Å². The molecule has 1 rings (SSSR count). The van der Waals surface area contributed by atoms with E-state index in [1.54, 1.807) is 6.07 Å². The predicted molar refractivity (Wildman–Crippen MR) is 78.9 cm³/mol. The van der Waals surface area contributed by atoms with E-state index in [1.165, 1.54) is 33.2 Å². The van der Waals surface area contributed by atoms with Gasteiger partial charge in [-0.3, -0.25) is 4.79 Å². The van der Waals surface area contributed by atoms with Crippen LogP contribution in [0.3, 0.4) is 0 Å². The largest absolute Gasteiger partial charge is 0.397 e. The van der Waals surface area contributed by atoms with Crippen molar-refractivity contribution in [2.45, 2.75) is 11.8 Å². The number of benzene rings is 1. The molecular formula is C12H20N4O3S. The summed E-state index contributed by atoms with van der Waals surface area (Å²) in [5.41, 5.74) is 6.80. The van der Waals surface area contributed by atoms with Crippen molar-refractivity contribution in [3.8, 4) is 0 Å². The van der Waals surface area contributed by atoms with Gasteiger partial charge in [-0.1, -0.05) is 0 Å². The van der Waals surface area contributed by atoms with Crippen LogP contribution in [0.1, 0.15) is 6.92 Å². The zero-order valence-corrected chi connectivity index (χ0v) is 12.6. The van der Waals surface area contributed by atoms with Crippen molar-refractivity contribution in [3.05, 3.63) is 18.2 Å². The number of carbonyl (C=O) groups excluding carboxylic acids is 1. The van der Waals surface area contributed by atoms with Gasteiger partial charge in [-0.15, -0.1) is 0 Å². The summed E-state index contributed by atoms with van der Waals surface area (Å²) in [5, 5.41) is 5.67. The highest BCUT2D eigenvalue weighted by molar-refractivity contribution is 7.89. The topological polar surface area (TPSA) is 105 Å². The summed E-state index contributed by atoms with van der Waals surface area (Å²) in [6.45, 7) is 2.41. The maximum atomic E-state index is 11.9. The molecule has 0 aromatic heterocycles. The maximum absolute atomic E-state index is 11.9. The molecule has 0 radical (unpaired) electrons. The van der Waals surface area contributed by atoms with Crippen molar-refractivity contribution in [3.63, 3.8) is 0 Å². The number of hydrogen-bond acceptors (Lipinski definition) is 5. The van der Waals surface area contributed by atoms with Crippen molar-refractivity contribution in [2.75, 3.05) is 38.2 Å². The first-order chi connectivity index (χ1) is 9.25. The summed E-state index contributed by atoms with van der Waals surface area (Å²) in [6, 6.07) is 4.52. The summed E-state index contributed by atoms with van der Waals surface area (Å²) < 4.78 is 25.0. The molecule has 0 spiro atoms. The van der Waals surface area contributed by atoms with Gasteiger partial charge in [0.15, 0.2) is 0 Å². The second-order valence-electron chi connectivity index (χ2n) is 4.45. The van der Waals surface area contributed by atoms with E-state index >= 15 is 0 Å². The standard InChI is InChI=1S/C12H20N4O3S/c1-9(17)14-6-7-15-12-5-4-10(8-11(12)13)20(18,19)16(2)3/h4-5,8,15H,6-7,13H2,1-3H3,(H,14,17). The lowest BCUT2D eigenvalue weighted by molar-refractivity contribution is -0.118. The van der Waals surface area contributed by atoms with E-state index in [0.29, 0.717) is 24.5 Å². The minimum atomic E-state index is -3.48. The normalized spacial score (nSPS) is 11.4. The van der Waals surface area contributed by atoms with E-state index in [9.17, 15) is 13.2 Å². The maximum Gasteiger partial charge on any atom is 0.242 e. The highest BCUT2D eigenvalue weighted by Gasteiger charge is 2.17. The lowest BCUT2D eigenvalue weighted by atomic mass is 10.2. The smallest absolute Gasteiger partial charge is 0.242 e. The third kappa shape index (κ3) is 4.10. The number of carbonyl (C=O) groups is 1. The minimum Gasteiger partial charge on any atom is -0.397 e. The Bertz CT molecular complexity index is 584. The molecule has 0 fully saturated rings. The molecule has 0 unspecified atom stereocenters. The zero-order valence-electron chi connectivity index (χ0n) is 11.8. The molecule has 1 aromatic rings. The van der Waals surface area contributed by atoms with Gasteiger partial charge in [-0.05, 0) is 18.2 Å². The number of amides is 1. The fraction of sp³-hybridized carbons (Fsp3) is 0.417. The molecule has 0 aliphatic heterocycles. The Hall–Kier alpha value is -1.80. The van der Waals surface area contributed by atoms with Gasteiger partial charge in [-0.25, -0.2) is 12.7 Å². The highest BCUT2D eigenvalue weighted by Crippen LogP contribution is 2.23. The molecule has 20 heavy (non-hydrogen) atoms. The van der Waals surface area contributed by atoms with E-state index in [1.807, 2.05) is 0 Å². The highest BCUT2D eigenvalue weighted by atomic mass is 32.2. The van der Waals surface area contributed by atoms with Crippen LogP contribution >= 0.6 is 0 Å². The van der Waals surface area contributed by atoms with Crippen LogP contribution in [0.25, 0.3) is 0 Å². The van der Waals surface area contributed by atoms with Crippen LogP contribution in [-0.2, 0) is 14.8 Å². The first-order valence-corrected chi connectivity index (χ1v) is 7.49. The van der Waals surface area contributed by atoms with Gasteiger partial charge in [-0.2, -0.15) is 0 Å². The Labute approximate surface area is 119 Å². The Kier molecular flexibility index (Phi) is 5.34. The number of anilines is 2. The molecule has 0 heterocycles. The second-order valence-corrected chi connectivity index (χ2v) is 6.60. The van der Waals surface area contributed by atoms with Gasteiger partial charge in [0.1, 0.15) is 0 Å². The van der Waals surface area contributed by atoms with Crippen LogP contribution in [-0.4, -0.2) is 45.8 Å². The molecule has 1 aromatic carbocycles. The Morgan fingerprint density at radius 1 is 1.30 bits per heavy atom. The van der Waals surface area contributed by atoms with Gasteiger partial charge >= 0.3 is 0 Å². The van der Waals surface area contributed by atoms with E-state index in [4.69, 9.17) is 5.73 Å². The van der Waals surface area contributed by atoms with Crippen molar-refractivity contribution in [1.29, 1.82) is 0 Å². The van der Waals surface area contributed by atoms with Crippen molar-refractivity contribution < 1.29 is 13.2 Å². The third-order valence-corrected chi connectivity index (χ3v) is 4.43. The summed E-state index contributed by atoms with van der Waals surface area (Å²) in [5.74, 6) is -0.104. The molecule has 0 bridgehead atoms. The third-order valence-electron chi connectivity index (χ3n) is 2.62. The van der Waals surface area contributed by atoms with Gasteiger partial charge in [0, 0.05) is 34.1 Å². The molecule has 112 valence electrons. The van der Waals surface area contributed by atoms with Crippen LogP contribution in [0.4, 0.5) is 11.4 Å². The Morgan fingerprint density at radius 2 is 1.95 bits per heavy atom. The number of nitrogens with two attached hydrogens (primary N) is 1. The van der Waals surface area contributed by atoms with Crippen molar-refractivity contribution in [1.82, 2.24) is 9.62 Å². The molecule has 4 N–H and O–H groups in total. The number of rotatable bonds is 6. The van der Waals surface area contributed by atoms with Gasteiger partial charge in [0.2, 0.25) is 15.9 Å². The predicted octanol–water partition coefficient (Wildman–Crippen LogP) is 0.0671. The fourth-order valence-electron chi connectivity index (χ4n) is 1.51.